The topological polar surface area (TPSA) is 38.7 Å². The fourth-order valence-corrected chi connectivity index (χ4v) is 1.05. The number of halogens is 1. The standard InChI is InChI=1S/C8H10ClNO2/c1-2-5-12-8(11)6-3-4-10-7(6)9/h4H,2-3,5H2,1H3. The highest BCUT2D eigenvalue weighted by molar-refractivity contribution is 6.32. The van der Waals surface area contributed by atoms with Crippen molar-refractivity contribution in [2.45, 2.75) is 19.8 Å². The maximum absolute atomic E-state index is 11.2. The second-order valence-corrected chi connectivity index (χ2v) is 2.78. The number of aliphatic imine (C=N–C) groups is 1. The molecule has 0 saturated carbocycles. The van der Waals surface area contributed by atoms with Gasteiger partial charge in [-0.15, -0.1) is 0 Å². The monoisotopic (exact) mass is 187 g/mol. The van der Waals surface area contributed by atoms with Gasteiger partial charge in [0.15, 0.2) is 0 Å². The van der Waals surface area contributed by atoms with Gasteiger partial charge in [0.1, 0.15) is 5.16 Å². The molecule has 3 nitrogen and oxygen atoms in total. The molecule has 0 N–H and O–H groups in total. The van der Waals surface area contributed by atoms with Gasteiger partial charge in [-0.1, -0.05) is 18.5 Å². The van der Waals surface area contributed by atoms with Gasteiger partial charge in [0.05, 0.1) is 12.2 Å². The normalized spacial score (nSPS) is 15.5. The minimum absolute atomic E-state index is 0.260. The summed E-state index contributed by atoms with van der Waals surface area (Å²) in [5.74, 6) is -0.348. The van der Waals surface area contributed by atoms with E-state index in [1.165, 1.54) is 0 Å². The summed E-state index contributed by atoms with van der Waals surface area (Å²) in [5, 5.41) is 0.260. The summed E-state index contributed by atoms with van der Waals surface area (Å²) in [4.78, 5) is 14.9. The van der Waals surface area contributed by atoms with Crippen LogP contribution in [0.4, 0.5) is 0 Å². The molecule has 0 bridgehead atoms. The summed E-state index contributed by atoms with van der Waals surface area (Å²) in [6.45, 7) is 2.38. The van der Waals surface area contributed by atoms with Crippen LogP contribution in [0.3, 0.4) is 0 Å². The highest BCUT2D eigenvalue weighted by Gasteiger charge is 2.17. The lowest BCUT2D eigenvalue weighted by molar-refractivity contribution is -0.139. The predicted molar refractivity (Wildman–Crippen MR) is 47.2 cm³/mol. The Balaban J connectivity index is 2.49. The largest absolute Gasteiger partial charge is 0.462 e. The Labute approximate surface area is 76.1 Å². The smallest absolute Gasteiger partial charge is 0.337 e. The van der Waals surface area contributed by atoms with Crippen molar-refractivity contribution in [1.29, 1.82) is 0 Å². The van der Waals surface area contributed by atoms with Gasteiger partial charge in [-0.3, -0.25) is 0 Å². The van der Waals surface area contributed by atoms with E-state index in [4.69, 9.17) is 16.3 Å². The Kier molecular flexibility index (Phi) is 3.29. The lowest BCUT2D eigenvalue weighted by Crippen LogP contribution is -2.08. The van der Waals surface area contributed by atoms with Crippen molar-refractivity contribution in [2.24, 2.45) is 4.99 Å². The first-order valence-electron chi connectivity index (χ1n) is 3.84. The predicted octanol–water partition coefficient (Wildman–Crippen LogP) is 1.86. The lowest BCUT2D eigenvalue weighted by atomic mass is 10.2. The second kappa shape index (κ2) is 4.26. The molecule has 0 unspecified atom stereocenters. The molecule has 1 rings (SSSR count). The molecule has 0 aromatic rings. The van der Waals surface area contributed by atoms with Crippen LogP contribution in [0.15, 0.2) is 15.7 Å². The van der Waals surface area contributed by atoms with Crippen LogP contribution < -0.4 is 0 Å². The van der Waals surface area contributed by atoms with Crippen molar-refractivity contribution in [2.75, 3.05) is 6.61 Å². The van der Waals surface area contributed by atoms with Crippen molar-refractivity contribution in [3.8, 4) is 0 Å². The van der Waals surface area contributed by atoms with Gasteiger partial charge in [-0.2, -0.15) is 0 Å². The minimum atomic E-state index is -0.348. The van der Waals surface area contributed by atoms with Crippen LogP contribution in [0, 0.1) is 0 Å². The minimum Gasteiger partial charge on any atom is -0.462 e. The molecule has 1 aliphatic heterocycles. The first-order chi connectivity index (χ1) is 5.75. The Hall–Kier alpha value is -0.830. The van der Waals surface area contributed by atoms with Gasteiger partial charge in [0, 0.05) is 12.6 Å². The van der Waals surface area contributed by atoms with Crippen LogP contribution in [0.5, 0.6) is 0 Å². The van der Waals surface area contributed by atoms with Crippen LogP contribution in [-0.4, -0.2) is 18.8 Å². The number of ether oxygens (including phenoxy) is 1. The van der Waals surface area contributed by atoms with Gasteiger partial charge in [0.25, 0.3) is 0 Å². The second-order valence-electron chi connectivity index (χ2n) is 2.42. The van der Waals surface area contributed by atoms with Crippen molar-refractivity contribution in [3.05, 3.63) is 10.7 Å². The Morgan fingerprint density at radius 3 is 3.08 bits per heavy atom. The molecule has 0 saturated heterocycles. The third-order valence-corrected chi connectivity index (χ3v) is 1.76. The molecule has 0 spiro atoms. The highest BCUT2D eigenvalue weighted by Crippen LogP contribution is 2.20. The molecule has 66 valence electrons. The Morgan fingerprint density at radius 2 is 2.58 bits per heavy atom. The fourth-order valence-electron chi connectivity index (χ4n) is 0.829. The molecular formula is C8H10ClNO2. The van der Waals surface area contributed by atoms with Gasteiger partial charge in [0.2, 0.25) is 0 Å². The van der Waals surface area contributed by atoms with Crippen LogP contribution >= 0.6 is 11.6 Å². The zero-order valence-corrected chi connectivity index (χ0v) is 7.60. The summed E-state index contributed by atoms with van der Waals surface area (Å²) >= 11 is 5.63. The van der Waals surface area contributed by atoms with Gasteiger partial charge in [-0.05, 0) is 6.42 Å². The highest BCUT2D eigenvalue weighted by atomic mass is 35.5. The Bertz CT molecular complexity index is 245. The van der Waals surface area contributed by atoms with Crippen LogP contribution in [0.1, 0.15) is 19.8 Å². The number of hydrogen-bond donors (Lipinski definition) is 0. The summed E-state index contributed by atoms with van der Waals surface area (Å²) < 4.78 is 4.88. The maximum Gasteiger partial charge on any atom is 0.337 e. The fraction of sp³-hybridized carbons (Fsp3) is 0.500. The van der Waals surface area contributed by atoms with Crippen molar-refractivity contribution >= 4 is 23.8 Å². The number of rotatable bonds is 3. The molecule has 1 aliphatic rings. The molecule has 12 heavy (non-hydrogen) atoms. The van der Waals surface area contributed by atoms with E-state index in [1.54, 1.807) is 6.21 Å². The number of carbonyl (C=O) groups excluding carboxylic acids is 1. The first kappa shape index (κ1) is 9.26. The zero-order chi connectivity index (χ0) is 8.97. The van der Waals surface area contributed by atoms with Gasteiger partial charge in [-0.25, -0.2) is 9.79 Å². The lowest BCUT2D eigenvalue weighted by Gasteiger charge is -2.02. The summed E-state index contributed by atoms with van der Waals surface area (Å²) in [5.41, 5.74) is 0.463. The van der Waals surface area contributed by atoms with E-state index in [-0.39, 0.29) is 11.1 Å². The third kappa shape index (κ3) is 2.08. The number of hydrogen-bond acceptors (Lipinski definition) is 3. The summed E-state index contributed by atoms with van der Waals surface area (Å²) in [7, 11) is 0. The number of nitrogens with zero attached hydrogens (tertiary/aromatic N) is 1. The third-order valence-electron chi connectivity index (χ3n) is 1.43. The molecule has 0 radical (unpaired) electrons. The van der Waals surface area contributed by atoms with E-state index in [1.807, 2.05) is 6.92 Å². The average Bonchev–Trinajstić information content (AvgIpc) is 2.47. The quantitative estimate of drug-likeness (QED) is 0.500. The molecule has 0 aliphatic carbocycles. The molecule has 0 amide bonds. The molecule has 4 heteroatoms. The molecule has 0 atom stereocenters. The van der Waals surface area contributed by atoms with Gasteiger partial charge < -0.3 is 4.74 Å². The molecular weight excluding hydrogens is 178 g/mol. The van der Waals surface area contributed by atoms with E-state index in [0.29, 0.717) is 18.6 Å². The number of esters is 1. The Morgan fingerprint density at radius 1 is 1.83 bits per heavy atom. The van der Waals surface area contributed by atoms with E-state index >= 15 is 0 Å². The van der Waals surface area contributed by atoms with E-state index in [9.17, 15) is 4.79 Å². The SMILES string of the molecule is CCCOC(=O)C1=C(Cl)N=CC1. The van der Waals surface area contributed by atoms with Crippen LogP contribution in [-0.2, 0) is 9.53 Å². The van der Waals surface area contributed by atoms with Crippen LogP contribution in [0.25, 0.3) is 0 Å². The maximum atomic E-state index is 11.2. The zero-order valence-electron chi connectivity index (χ0n) is 6.84. The molecule has 0 aromatic heterocycles. The van der Waals surface area contributed by atoms with E-state index in [0.717, 1.165) is 6.42 Å². The van der Waals surface area contributed by atoms with E-state index < -0.39 is 0 Å². The molecule has 0 fully saturated rings. The van der Waals surface area contributed by atoms with Crippen molar-refractivity contribution < 1.29 is 9.53 Å². The van der Waals surface area contributed by atoms with Gasteiger partial charge >= 0.3 is 5.97 Å². The van der Waals surface area contributed by atoms with Crippen molar-refractivity contribution in [3.63, 3.8) is 0 Å². The van der Waals surface area contributed by atoms with Crippen molar-refractivity contribution in [1.82, 2.24) is 0 Å². The first-order valence-corrected chi connectivity index (χ1v) is 4.21. The summed E-state index contributed by atoms with van der Waals surface area (Å²) in [6, 6.07) is 0. The summed E-state index contributed by atoms with van der Waals surface area (Å²) in [6.07, 6.45) is 2.91. The molecule has 0 aromatic carbocycles. The molecule has 1 heterocycles. The average molecular weight is 188 g/mol. The van der Waals surface area contributed by atoms with Crippen LogP contribution in [0.2, 0.25) is 0 Å². The van der Waals surface area contributed by atoms with E-state index in [2.05, 4.69) is 4.99 Å². The number of carbonyl (C=O) groups is 1.